The van der Waals surface area contributed by atoms with Crippen molar-refractivity contribution in [1.29, 1.82) is 0 Å². The highest BCUT2D eigenvalue weighted by atomic mass is 32.2. The Kier molecular flexibility index (Phi) is 4.51. The summed E-state index contributed by atoms with van der Waals surface area (Å²) in [4.78, 5) is -0.337. The van der Waals surface area contributed by atoms with Crippen LogP contribution in [0.25, 0.3) is 0 Å². The summed E-state index contributed by atoms with van der Waals surface area (Å²) in [5.74, 6) is -0.0570. The first-order chi connectivity index (χ1) is 9.49. The molecule has 5 nitrogen and oxygen atoms in total. The van der Waals surface area contributed by atoms with Crippen LogP contribution in [0.15, 0.2) is 39.8 Å². The maximum absolute atomic E-state index is 13.4. The van der Waals surface area contributed by atoms with Gasteiger partial charge in [0.25, 0.3) is 0 Å². The van der Waals surface area contributed by atoms with Gasteiger partial charge in [0.1, 0.15) is 16.5 Å². The zero-order valence-electron chi connectivity index (χ0n) is 11.0. The summed E-state index contributed by atoms with van der Waals surface area (Å²) in [6.45, 7) is 2.02. The first-order valence-corrected chi connectivity index (χ1v) is 7.64. The molecule has 0 aliphatic carbocycles. The number of aryl methyl sites for hydroxylation is 2. The number of sulfonamides is 1. The Bertz CT molecular complexity index is 682. The quantitative estimate of drug-likeness (QED) is 0.828. The highest BCUT2D eigenvalue weighted by molar-refractivity contribution is 7.89. The van der Waals surface area contributed by atoms with Crippen LogP contribution in [-0.4, -0.2) is 20.1 Å². The van der Waals surface area contributed by atoms with Gasteiger partial charge >= 0.3 is 0 Å². The van der Waals surface area contributed by atoms with E-state index in [0.29, 0.717) is 18.6 Å². The Morgan fingerprint density at radius 2 is 2.10 bits per heavy atom. The van der Waals surface area contributed by atoms with Crippen molar-refractivity contribution in [3.8, 4) is 0 Å². The van der Waals surface area contributed by atoms with E-state index in [4.69, 9.17) is 4.52 Å². The third-order valence-electron chi connectivity index (χ3n) is 2.69. The summed E-state index contributed by atoms with van der Waals surface area (Å²) in [5.41, 5.74) is 0.784. The highest BCUT2D eigenvalue weighted by Gasteiger charge is 2.17. The molecule has 0 aliphatic rings. The molecule has 1 aromatic heterocycles. The average Bonchev–Trinajstić information content (AvgIpc) is 2.81. The molecule has 0 aliphatic heterocycles. The molecule has 1 aromatic carbocycles. The molecule has 108 valence electrons. The molecule has 0 fully saturated rings. The molecule has 0 spiro atoms. The van der Waals surface area contributed by atoms with Gasteiger partial charge in [0.15, 0.2) is 0 Å². The molecule has 0 saturated carbocycles. The zero-order chi connectivity index (χ0) is 14.6. The van der Waals surface area contributed by atoms with Crippen LogP contribution in [0.3, 0.4) is 0 Å². The van der Waals surface area contributed by atoms with E-state index in [-0.39, 0.29) is 11.4 Å². The molecule has 0 saturated heterocycles. The van der Waals surface area contributed by atoms with E-state index in [1.165, 1.54) is 18.2 Å². The van der Waals surface area contributed by atoms with Gasteiger partial charge in [-0.3, -0.25) is 0 Å². The van der Waals surface area contributed by atoms with E-state index in [9.17, 15) is 12.8 Å². The monoisotopic (exact) mass is 298 g/mol. The van der Waals surface area contributed by atoms with Crippen LogP contribution in [-0.2, 0) is 16.4 Å². The predicted octanol–water partition coefficient (Wildman–Crippen LogP) is 2.03. The smallest absolute Gasteiger partial charge is 0.243 e. The fourth-order valence-electron chi connectivity index (χ4n) is 1.74. The molecular weight excluding hydrogens is 283 g/mol. The predicted molar refractivity (Wildman–Crippen MR) is 71.1 cm³/mol. The number of hydrogen-bond donors (Lipinski definition) is 1. The summed E-state index contributed by atoms with van der Waals surface area (Å²) in [5, 5.41) is 3.74. The molecule has 1 heterocycles. The van der Waals surface area contributed by atoms with Gasteiger partial charge in [-0.05, 0) is 25.5 Å². The van der Waals surface area contributed by atoms with Crippen molar-refractivity contribution < 1.29 is 17.3 Å². The molecule has 0 atom stereocenters. The normalized spacial score (nSPS) is 11.7. The number of hydrogen-bond acceptors (Lipinski definition) is 4. The van der Waals surface area contributed by atoms with Crippen LogP contribution in [0.5, 0.6) is 0 Å². The van der Waals surface area contributed by atoms with Crippen LogP contribution in [0.4, 0.5) is 4.39 Å². The molecule has 1 N–H and O–H groups in total. The Morgan fingerprint density at radius 3 is 2.75 bits per heavy atom. The van der Waals surface area contributed by atoms with E-state index in [1.807, 2.05) is 6.92 Å². The lowest BCUT2D eigenvalue weighted by Gasteiger charge is -2.06. The number of nitrogens with one attached hydrogen (secondary N) is 1. The standard InChI is InChI=1S/C13H15FN2O3S/c1-10-9-11(19-16-10)5-4-8-15-20(17,18)13-7-3-2-6-12(13)14/h2-3,6-7,9,15H,4-5,8H2,1H3. The molecule has 7 heteroatoms. The molecule has 20 heavy (non-hydrogen) atoms. The highest BCUT2D eigenvalue weighted by Crippen LogP contribution is 2.13. The number of benzene rings is 1. The van der Waals surface area contributed by atoms with E-state index in [0.717, 1.165) is 11.8 Å². The summed E-state index contributed by atoms with van der Waals surface area (Å²) >= 11 is 0. The minimum absolute atomic E-state index is 0.205. The number of halogens is 1. The Balaban J connectivity index is 1.89. The van der Waals surface area contributed by atoms with Crippen LogP contribution in [0.1, 0.15) is 17.9 Å². The molecular formula is C13H15FN2O3S. The van der Waals surface area contributed by atoms with Gasteiger partial charge in [0, 0.05) is 19.0 Å². The van der Waals surface area contributed by atoms with Gasteiger partial charge < -0.3 is 4.52 Å². The third kappa shape index (κ3) is 3.64. The molecule has 2 aromatic rings. The van der Waals surface area contributed by atoms with Crippen molar-refractivity contribution in [3.63, 3.8) is 0 Å². The van der Waals surface area contributed by atoms with Crippen LogP contribution in [0, 0.1) is 12.7 Å². The van der Waals surface area contributed by atoms with E-state index in [1.54, 1.807) is 6.07 Å². The fourth-order valence-corrected chi connectivity index (χ4v) is 2.89. The van der Waals surface area contributed by atoms with Crippen molar-refractivity contribution in [3.05, 3.63) is 47.6 Å². The van der Waals surface area contributed by atoms with Gasteiger partial charge in [-0.1, -0.05) is 17.3 Å². The number of aromatic nitrogens is 1. The molecule has 0 amide bonds. The third-order valence-corrected chi connectivity index (χ3v) is 4.19. The van der Waals surface area contributed by atoms with E-state index in [2.05, 4.69) is 9.88 Å². The lowest BCUT2D eigenvalue weighted by molar-refractivity contribution is 0.377. The first-order valence-electron chi connectivity index (χ1n) is 6.15. The zero-order valence-corrected chi connectivity index (χ0v) is 11.8. The summed E-state index contributed by atoms with van der Waals surface area (Å²) in [6, 6.07) is 7.07. The lowest BCUT2D eigenvalue weighted by Crippen LogP contribution is -2.25. The van der Waals surface area contributed by atoms with Gasteiger partial charge in [0.2, 0.25) is 10.0 Å². The largest absolute Gasteiger partial charge is 0.361 e. The van der Waals surface area contributed by atoms with Gasteiger partial charge in [-0.15, -0.1) is 0 Å². The Morgan fingerprint density at radius 1 is 1.35 bits per heavy atom. The second-order valence-corrected chi connectivity index (χ2v) is 6.10. The number of rotatable bonds is 6. The summed E-state index contributed by atoms with van der Waals surface area (Å²) < 4.78 is 44.6. The van der Waals surface area contributed by atoms with Crippen LogP contribution >= 0.6 is 0 Å². The molecule has 0 bridgehead atoms. The molecule has 0 radical (unpaired) electrons. The van der Waals surface area contributed by atoms with Crippen molar-refractivity contribution in [1.82, 2.24) is 9.88 Å². The van der Waals surface area contributed by atoms with Crippen molar-refractivity contribution in [2.45, 2.75) is 24.7 Å². The minimum atomic E-state index is -3.81. The SMILES string of the molecule is Cc1cc(CCCNS(=O)(=O)c2ccccc2F)on1. The fraction of sp³-hybridized carbons (Fsp3) is 0.308. The van der Waals surface area contributed by atoms with Crippen LogP contribution in [0.2, 0.25) is 0 Å². The second kappa shape index (κ2) is 6.15. The van der Waals surface area contributed by atoms with Gasteiger partial charge in [-0.2, -0.15) is 0 Å². The van der Waals surface area contributed by atoms with Crippen molar-refractivity contribution in [2.75, 3.05) is 6.54 Å². The topological polar surface area (TPSA) is 72.2 Å². The lowest BCUT2D eigenvalue weighted by atomic mass is 10.2. The van der Waals surface area contributed by atoms with Gasteiger partial charge in [-0.25, -0.2) is 17.5 Å². The minimum Gasteiger partial charge on any atom is -0.361 e. The summed E-state index contributed by atoms with van der Waals surface area (Å²) in [7, 11) is -3.81. The average molecular weight is 298 g/mol. The van der Waals surface area contributed by atoms with Crippen molar-refractivity contribution >= 4 is 10.0 Å². The van der Waals surface area contributed by atoms with Crippen molar-refractivity contribution in [2.24, 2.45) is 0 Å². The maximum Gasteiger partial charge on any atom is 0.243 e. The maximum atomic E-state index is 13.4. The van der Waals surface area contributed by atoms with E-state index < -0.39 is 15.8 Å². The van der Waals surface area contributed by atoms with E-state index >= 15 is 0 Å². The Hall–Kier alpha value is -1.73. The molecule has 0 unspecified atom stereocenters. The first kappa shape index (κ1) is 14.7. The molecule has 2 rings (SSSR count). The van der Waals surface area contributed by atoms with Gasteiger partial charge in [0.05, 0.1) is 5.69 Å². The second-order valence-electron chi connectivity index (χ2n) is 4.37. The Labute approximate surface area is 116 Å². The number of nitrogens with zero attached hydrogens (tertiary/aromatic N) is 1. The van der Waals surface area contributed by atoms with Crippen LogP contribution < -0.4 is 4.72 Å². The summed E-state index contributed by atoms with van der Waals surface area (Å²) in [6.07, 6.45) is 1.11.